The third-order valence-electron chi connectivity index (χ3n) is 3.42. The number of amides is 1. The van der Waals surface area contributed by atoms with Gasteiger partial charge in [-0.15, -0.1) is 10.2 Å². The number of pyridine rings is 1. The second-order valence-corrected chi connectivity index (χ2v) is 6.37. The summed E-state index contributed by atoms with van der Waals surface area (Å²) in [4.78, 5) is 18.8. The van der Waals surface area contributed by atoms with Crippen LogP contribution in [0.3, 0.4) is 0 Å². The SMILES string of the molecule is CN(C)[C@H](C(=O)Nc1nnc(-c2ccccn2)s1)c1ccccc1. The Kier molecular flexibility index (Phi) is 4.93. The number of aromatic nitrogens is 3. The zero-order valence-corrected chi connectivity index (χ0v) is 14.2. The highest BCUT2D eigenvalue weighted by molar-refractivity contribution is 7.18. The molecule has 1 atom stereocenters. The van der Waals surface area contributed by atoms with Gasteiger partial charge in [-0.1, -0.05) is 47.7 Å². The standard InChI is InChI=1S/C17H17N5OS/c1-22(2)14(12-8-4-3-5-9-12)15(23)19-17-21-20-16(24-17)13-10-6-7-11-18-13/h3-11,14H,1-2H3,(H,19,21,23)/t14-/m0/s1. The normalized spacial score (nSPS) is 12.1. The smallest absolute Gasteiger partial charge is 0.248 e. The third kappa shape index (κ3) is 3.64. The van der Waals surface area contributed by atoms with Gasteiger partial charge < -0.3 is 0 Å². The largest absolute Gasteiger partial charge is 0.299 e. The second-order valence-electron chi connectivity index (χ2n) is 5.39. The molecular formula is C17H17N5OS. The molecule has 1 N–H and O–H groups in total. The fraction of sp³-hybridized carbons (Fsp3) is 0.176. The third-order valence-corrected chi connectivity index (χ3v) is 4.28. The topological polar surface area (TPSA) is 71.0 Å². The fourth-order valence-corrected chi connectivity index (χ4v) is 3.08. The highest BCUT2D eigenvalue weighted by Crippen LogP contribution is 2.26. The lowest BCUT2D eigenvalue weighted by molar-refractivity contribution is -0.120. The molecule has 1 amide bonds. The van der Waals surface area contributed by atoms with E-state index in [1.807, 2.05) is 67.5 Å². The van der Waals surface area contributed by atoms with Crippen molar-refractivity contribution in [3.05, 3.63) is 60.3 Å². The molecule has 6 nitrogen and oxygen atoms in total. The van der Waals surface area contributed by atoms with E-state index in [1.54, 1.807) is 6.20 Å². The molecule has 0 aliphatic heterocycles. The molecule has 3 aromatic rings. The van der Waals surface area contributed by atoms with Gasteiger partial charge in [0.05, 0.1) is 0 Å². The first kappa shape index (κ1) is 16.2. The molecule has 0 aliphatic rings. The number of hydrogen-bond acceptors (Lipinski definition) is 6. The lowest BCUT2D eigenvalue weighted by atomic mass is 10.1. The van der Waals surface area contributed by atoms with Crippen LogP contribution in [0.2, 0.25) is 0 Å². The molecule has 122 valence electrons. The van der Waals surface area contributed by atoms with E-state index in [1.165, 1.54) is 11.3 Å². The Hall–Kier alpha value is -2.64. The summed E-state index contributed by atoms with van der Waals surface area (Å²) in [5.41, 5.74) is 1.66. The first-order valence-electron chi connectivity index (χ1n) is 7.42. The summed E-state index contributed by atoms with van der Waals surface area (Å²) in [6.45, 7) is 0. The number of nitrogens with one attached hydrogen (secondary N) is 1. The van der Waals surface area contributed by atoms with Crippen molar-refractivity contribution in [1.29, 1.82) is 0 Å². The van der Waals surface area contributed by atoms with Crippen molar-refractivity contribution in [2.24, 2.45) is 0 Å². The van der Waals surface area contributed by atoms with Gasteiger partial charge in [-0.05, 0) is 31.8 Å². The van der Waals surface area contributed by atoms with E-state index in [0.29, 0.717) is 10.1 Å². The number of likely N-dealkylation sites (N-methyl/N-ethyl adjacent to an activating group) is 1. The average molecular weight is 339 g/mol. The molecule has 7 heteroatoms. The summed E-state index contributed by atoms with van der Waals surface area (Å²) < 4.78 is 0. The predicted octanol–water partition coefficient (Wildman–Crippen LogP) is 2.84. The van der Waals surface area contributed by atoms with Crippen molar-refractivity contribution in [1.82, 2.24) is 20.1 Å². The summed E-state index contributed by atoms with van der Waals surface area (Å²) in [6.07, 6.45) is 1.70. The van der Waals surface area contributed by atoms with Crippen LogP contribution in [0.25, 0.3) is 10.7 Å². The van der Waals surface area contributed by atoms with Gasteiger partial charge in [0.15, 0.2) is 5.01 Å². The van der Waals surface area contributed by atoms with Crippen LogP contribution in [0, 0.1) is 0 Å². The summed E-state index contributed by atoms with van der Waals surface area (Å²) in [5.74, 6) is -0.144. The van der Waals surface area contributed by atoms with Crippen LogP contribution < -0.4 is 5.32 Å². The lowest BCUT2D eigenvalue weighted by Gasteiger charge is -2.23. The molecule has 0 saturated heterocycles. The van der Waals surface area contributed by atoms with E-state index in [-0.39, 0.29) is 5.91 Å². The number of benzene rings is 1. The van der Waals surface area contributed by atoms with E-state index in [0.717, 1.165) is 11.3 Å². The van der Waals surface area contributed by atoms with Gasteiger partial charge in [0, 0.05) is 6.20 Å². The number of rotatable bonds is 5. The zero-order chi connectivity index (χ0) is 16.9. The molecule has 2 heterocycles. The highest BCUT2D eigenvalue weighted by Gasteiger charge is 2.24. The minimum absolute atomic E-state index is 0.144. The molecule has 0 bridgehead atoms. The Balaban J connectivity index is 1.78. The molecule has 0 radical (unpaired) electrons. The number of hydrogen-bond donors (Lipinski definition) is 1. The van der Waals surface area contributed by atoms with Crippen molar-refractivity contribution in [3.8, 4) is 10.7 Å². The highest BCUT2D eigenvalue weighted by atomic mass is 32.1. The van der Waals surface area contributed by atoms with Crippen LogP contribution in [-0.2, 0) is 4.79 Å². The van der Waals surface area contributed by atoms with Crippen LogP contribution in [0.1, 0.15) is 11.6 Å². The molecule has 0 saturated carbocycles. The van der Waals surface area contributed by atoms with E-state index >= 15 is 0 Å². The average Bonchev–Trinajstić information content (AvgIpc) is 3.05. The van der Waals surface area contributed by atoms with Gasteiger partial charge in [-0.2, -0.15) is 0 Å². The maximum absolute atomic E-state index is 12.7. The van der Waals surface area contributed by atoms with Gasteiger partial charge in [0.2, 0.25) is 11.0 Å². The number of carbonyl (C=O) groups excluding carboxylic acids is 1. The maximum Gasteiger partial charge on any atom is 0.248 e. The molecular weight excluding hydrogens is 322 g/mol. The Morgan fingerprint density at radius 3 is 2.50 bits per heavy atom. The van der Waals surface area contributed by atoms with E-state index in [2.05, 4.69) is 20.5 Å². The van der Waals surface area contributed by atoms with Gasteiger partial charge >= 0.3 is 0 Å². The van der Waals surface area contributed by atoms with E-state index in [4.69, 9.17) is 0 Å². The molecule has 0 aliphatic carbocycles. The van der Waals surface area contributed by atoms with E-state index in [9.17, 15) is 4.79 Å². The first-order chi connectivity index (χ1) is 11.6. The fourth-order valence-electron chi connectivity index (χ4n) is 2.36. The molecule has 24 heavy (non-hydrogen) atoms. The van der Waals surface area contributed by atoms with Crippen molar-refractivity contribution in [2.75, 3.05) is 19.4 Å². The quantitative estimate of drug-likeness (QED) is 0.774. The molecule has 0 spiro atoms. The monoisotopic (exact) mass is 339 g/mol. The zero-order valence-electron chi connectivity index (χ0n) is 13.4. The molecule has 3 rings (SSSR count). The Labute approximate surface area is 144 Å². The summed E-state index contributed by atoms with van der Waals surface area (Å²) in [6, 6.07) is 14.8. The van der Waals surface area contributed by atoms with Gasteiger partial charge in [-0.25, -0.2) is 0 Å². The Morgan fingerprint density at radius 2 is 1.83 bits per heavy atom. The van der Waals surface area contributed by atoms with Gasteiger partial charge in [0.25, 0.3) is 0 Å². The summed E-state index contributed by atoms with van der Waals surface area (Å²) in [7, 11) is 3.74. The molecule has 1 aromatic carbocycles. The second kappa shape index (κ2) is 7.29. The molecule has 0 unspecified atom stereocenters. The van der Waals surface area contributed by atoms with Crippen LogP contribution in [0.5, 0.6) is 0 Å². The van der Waals surface area contributed by atoms with Crippen LogP contribution in [0.15, 0.2) is 54.7 Å². The molecule has 0 fully saturated rings. The lowest BCUT2D eigenvalue weighted by Crippen LogP contribution is -2.32. The van der Waals surface area contributed by atoms with Gasteiger partial charge in [0.1, 0.15) is 11.7 Å². The van der Waals surface area contributed by atoms with Crippen LogP contribution in [-0.4, -0.2) is 40.1 Å². The summed E-state index contributed by atoms with van der Waals surface area (Å²) >= 11 is 1.30. The Morgan fingerprint density at radius 1 is 1.08 bits per heavy atom. The van der Waals surface area contributed by atoms with Gasteiger partial charge in [-0.3, -0.25) is 20.0 Å². The number of anilines is 1. The van der Waals surface area contributed by atoms with Crippen molar-refractivity contribution in [3.63, 3.8) is 0 Å². The number of carbonyl (C=O) groups is 1. The molecule has 2 aromatic heterocycles. The maximum atomic E-state index is 12.7. The first-order valence-corrected chi connectivity index (χ1v) is 8.24. The number of nitrogens with zero attached hydrogens (tertiary/aromatic N) is 4. The minimum Gasteiger partial charge on any atom is -0.299 e. The minimum atomic E-state index is -0.395. The van der Waals surface area contributed by atoms with Crippen molar-refractivity contribution < 1.29 is 4.79 Å². The Bertz CT molecular complexity index is 804. The van der Waals surface area contributed by atoms with Crippen LogP contribution in [0.4, 0.5) is 5.13 Å². The van der Waals surface area contributed by atoms with E-state index < -0.39 is 6.04 Å². The predicted molar refractivity (Wildman–Crippen MR) is 94.6 cm³/mol. The van der Waals surface area contributed by atoms with Crippen molar-refractivity contribution in [2.45, 2.75) is 6.04 Å². The van der Waals surface area contributed by atoms with Crippen LogP contribution >= 0.6 is 11.3 Å². The summed E-state index contributed by atoms with van der Waals surface area (Å²) in [5, 5.41) is 12.1. The van der Waals surface area contributed by atoms with Crippen molar-refractivity contribution >= 4 is 22.4 Å².